The molecule has 0 spiro atoms. The number of aliphatic hydroxyl groups is 2. The van der Waals surface area contributed by atoms with Crippen molar-refractivity contribution in [3.05, 3.63) is 24.2 Å². The minimum Gasteiger partial charge on any atom is -0.466 e. The van der Waals surface area contributed by atoms with Gasteiger partial charge in [0.2, 0.25) is 0 Å². The molecule has 1 saturated heterocycles. The molecule has 1 aromatic rings. The fourth-order valence-electron chi connectivity index (χ4n) is 2.13. The lowest BCUT2D eigenvalue weighted by molar-refractivity contribution is 0.0383. The van der Waals surface area contributed by atoms with Crippen molar-refractivity contribution in [3.8, 4) is 0 Å². The Labute approximate surface area is 129 Å². The Balaban J connectivity index is 1.83. The summed E-state index contributed by atoms with van der Waals surface area (Å²) in [6.45, 7) is 2.38. The first kappa shape index (κ1) is 16.2. The van der Waals surface area contributed by atoms with Crippen LogP contribution >= 0.6 is 11.8 Å². The van der Waals surface area contributed by atoms with Gasteiger partial charge in [0.25, 0.3) is 0 Å². The molecule has 1 fully saturated rings. The standard InChI is InChI=1S/C14H23N3O3S/c1-13(18,11-4-3-6-20-11)8-16-12(15-2)17-9-14(19)5-7-21-10-14/h3-4,6,18-19H,5,7-10H2,1-2H3,(H2,15,16,17). The van der Waals surface area contributed by atoms with Gasteiger partial charge in [0.05, 0.1) is 18.4 Å². The zero-order valence-electron chi connectivity index (χ0n) is 12.4. The average Bonchev–Trinajstić information content (AvgIpc) is 3.11. The van der Waals surface area contributed by atoms with Crippen LogP contribution in [0.15, 0.2) is 27.8 Å². The van der Waals surface area contributed by atoms with E-state index in [1.54, 1.807) is 37.9 Å². The Bertz CT molecular complexity index is 468. The number of guanidine groups is 1. The number of hydrogen-bond acceptors (Lipinski definition) is 5. The number of furan rings is 1. The van der Waals surface area contributed by atoms with Crippen LogP contribution in [0.2, 0.25) is 0 Å². The van der Waals surface area contributed by atoms with Crippen LogP contribution in [-0.2, 0) is 5.60 Å². The Morgan fingerprint density at radius 1 is 1.57 bits per heavy atom. The normalized spacial score (nSPS) is 25.6. The molecule has 1 aliphatic heterocycles. The minimum absolute atomic E-state index is 0.257. The fourth-order valence-corrected chi connectivity index (χ4v) is 3.43. The van der Waals surface area contributed by atoms with Gasteiger partial charge in [-0.2, -0.15) is 11.8 Å². The molecule has 1 aromatic heterocycles. The molecule has 0 bridgehead atoms. The van der Waals surface area contributed by atoms with Gasteiger partial charge in [0.1, 0.15) is 11.4 Å². The summed E-state index contributed by atoms with van der Waals surface area (Å²) in [5.74, 6) is 2.77. The smallest absolute Gasteiger partial charge is 0.191 e. The molecule has 0 aromatic carbocycles. The Morgan fingerprint density at radius 3 is 2.95 bits per heavy atom. The van der Waals surface area contributed by atoms with Gasteiger partial charge < -0.3 is 25.3 Å². The topological polar surface area (TPSA) is 90.0 Å². The summed E-state index contributed by atoms with van der Waals surface area (Å²) in [5.41, 5.74) is -1.80. The molecule has 4 N–H and O–H groups in total. The number of nitrogens with zero attached hydrogens (tertiary/aromatic N) is 1. The van der Waals surface area contributed by atoms with Crippen molar-refractivity contribution in [1.29, 1.82) is 0 Å². The first-order valence-corrected chi connectivity index (χ1v) is 8.12. The SMILES string of the molecule is CN=C(NCC1(O)CCSC1)NCC(C)(O)c1ccco1. The van der Waals surface area contributed by atoms with Crippen LogP contribution in [-0.4, -0.2) is 53.4 Å². The average molecular weight is 313 g/mol. The fraction of sp³-hybridized carbons (Fsp3) is 0.643. The maximum atomic E-state index is 10.4. The number of thioether (sulfide) groups is 1. The van der Waals surface area contributed by atoms with Gasteiger partial charge in [0.15, 0.2) is 5.96 Å². The molecule has 7 heteroatoms. The first-order chi connectivity index (χ1) is 9.95. The van der Waals surface area contributed by atoms with Crippen molar-refractivity contribution in [1.82, 2.24) is 10.6 Å². The molecule has 0 amide bonds. The van der Waals surface area contributed by atoms with Gasteiger partial charge in [-0.3, -0.25) is 4.99 Å². The lowest BCUT2D eigenvalue weighted by atomic mass is 10.0. The molecule has 2 rings (SSSR count). The van der Waals surface area contributed by atoms with Gasteiger partial charge in [-0.1, -0.05) is 0 Å². The van der Waals surface area contributed by atoms with Crippen LogP contribution in [0.4, 0.5) is 0 Å². The monoisotopic (exact) mass is 313 g/mol. The van der Waals surface area contributed by atoms with E-state index in [-0.39, 0.29) is 6.54 Å². The number of hydrogen-bond donors (Lipinski definition) is 4. The second kappa shape index (κ2) is 6.72. The van der Waals surface area contributed by atoms with Crippen LogP contribution in [0.1, 0.15) is 19.1 Å². The van der Waals surface area contributed by atoms with Gasteiger partial charge in [-0.15, -0.1) is 0 Å². The quantitative estimate of drug-likeness (QED) is 0.468. The summed E-state index contributed by atoms with van der Waals surface area (Å²) in [5, 5.41) is 26.8. The first-order valence-electron chi connectivity index (χ1n) is 6.96. The predicted molar refractivity (Wildman–Crippen MR) is 84.5 cm³/mol. The summed E-state index contributed by atoms with van der Waals surface area (Å²) < 4.78 is 5.23. The lowest BCUT2D eigenvalue weighted by Gasteiger charge is -2.25. The molecule has 2 atom stereocenters. The van der Waals surface area contributed by atoms with E-state index in [4.69, 9.17) is 4.42 Å². The van der Waals surface area contributed by atoms with Crippen molar-refractivity contribution in [2.75, 3.05) is 31.6 Å². The van der Waals surface area contributed by atoms with Gasteiger partial charge in [-0.05, 0) is 31.2 Å². The third-order valence-electron chi connectivity index (χ3n) is 3.54. The zero-order valence-corrected chi connectivity index (χ0v) is 13.2. The van der Waals surface area contributed by atoms with Crippen LogP contribution in [0.5, 0.6) is 0 Å². The van der Waals surface area contributed by atoms with E-state index >= 15 is 0 Å². The number of aliphatic imine (C=N–C) groups is 1. The van der Waals surface area contributed by atoms with Gasteiger partial charge >= 0.3 is 0 Å². The Morgan fingerprint density at radius 2 is 2.38 bits per heavy atom. The third kappa shape index (κ3) is 4.39. The molecular formula is C14H23N3O3S. The van der Waals surface area contributed by atoms with Gasteiger partial charge in [0, 0.05) is 19.3 Å². The van der Waals surface area contributed by atoms with Gasteiger partial charge in [-0.25, -0.2) is 0 Å². The molecule has 21 heavy (non-hydrogen) atoms. The van der Waals surface area contributed by atoms with Crippen molar-refractivity contribution >= 4 is 17.7 Å². The van der Waals surface area contributed by atoms with E-state index in [1.165, 1.54) is 6.26 Å². The second-order valence-corrected chi connectivity index (χ2v) is 6.66. The second-order valence-electron chi connectivity index (χ2n) is 5.56. The molecule has 6 nitrogen and oxygen atoms in total. The highest BCUT2D eigenvalue weighted by Crippen LogP contribution is 2.26. The van der Waals surface area contributed by atoms with Crippen LogP contribution < -0.4 is 10.6 Å². The summed E-state index contributed by atoms with van der Waals surface area (Å²) in [6.07, 6.45) is 2.32. The minimum atomic E-state index is -1.12. The largest absolute Gasteiger partial charge is 0.466 e. The maximum Gasteiger partial charge on any atom is 0.191 e. The zero-order chi connectivity index (χ0) is 15.3. The maximum absolute atomic E-state index is 10.4. The summed E-state index contributed by atoms with van der Waals surface area (Å²) >= 11 is 1.75. The van der Waals surface area contributed by atoms with E-state index < -0.39 is 11.2 Å². The predicted octanol–water partition coefficient (Wildman–Crippen LogP) is 0.520. The highest BCUT2D eigenvalue weighted by molar-refractivity contribution is 7.99. The van der Waals surface area contributed by atoms with Crippen molar-refractivity contribution in [2.45, 2.75) is 24.5 Å². The highest BCUT2D eigenvalue weighted by atomic mass is 32.2. The molecule has 0 saturated carbocycles. The molecule has 0 radical (unpaired) electrons. The molecule has 118 valence electrons. The van der Waals surface area contributed by atoms with E-state index in [0.29, 0.717) is 18.3 Å². The third-order valence-corrected chi connectivity index (χ3v) is 4.78. The molecule has 1 aliphatic rings. The Kier molecular flexibility index (Phi) is 5.18. The van der Waals surface area contributed by atoms with Crippen LogP contribution in [0.25, 0.3) is 0 Å². The molecule has 2 heterocycles. The van der Waals surface area contributed by atoms with Crippen molar-refractivity contribution in [3.63, 3.8) is 0 Å². The van der Waals surface area contributed by atoms with Crippen molar-refractivity contribution < 1.29 is 14.6 Å². The number of nitrogens with one attached hydrogen (secondary N) is 2. The highest BCUT2D eigenvalue weighted by Gasteiger charge is 2.32. The molecule has 0 aliphatic carbocycles. The summed E-state index contributed by atoms with van der Waals surface area (Å²) in [4.78, 5) is 4.10. The van der Waals surface area contributed by atoms with Crippen LogP contribution in [0, 0.1) is 0 Å². The van der Waals surface area contributed by atoms with E-state index in [2.05, 4.69) is 15.6 Å². The summed E-state index contributed by atoms with van der Waals surface area (Å²) in [7, 11) is 1.66. The van der Waals surface area contributed by atoms with E-state index in [9.17, 15) is 10.2 Å². The lowest BCUT2D eigenvalue weighted by Crippen LogP contribution is -2.49. The molecular weight excluding hydrogens is 290 g/mol. The number of rotatable bonds is 5. The van der Waals surface area contributed by atoms with Crippen LogP contribution in [0.3, 0.4) is 0 Å². The molecule has 2 unspecified atom stereocenters. The van der Waals surface area contributed by atoms with Crippen molar-refractivity contribution in [2.24, 2.45) is 4.99 Å². The van der Waals surface area contributed by atoms with E-state index in [0.717, 1.165) is 17.9 Å². The summed E-state index contributed by atoms with van der Waals surface area (Å²) in [6, 6.07) is 3.47. The Hall–Kier alpha value is -1.18. The van der Waals surface area contributed by atoms with E-state index in [1.807, 2.05) is 0 Å².